The molecule has 2 N–H and O–H groups in total. The highest BCUT2D eigenvalue weighted by atomic mass is 79.9. The number of halogens is 5. The molecule has 0 unspecified atom stereocenters. The van der Waals surface area contributed by atoms with Crippen LogP contribution in [0.1, 0.15) is 5.56 Å². The Labute approximate surface area is 143 Å². The van der Waals surface area contributed by atoms with E-state index in [1.807, 2.05) is 0 Å². The number of anilines is 3. The molecule has 0 saturated carbocycles. The predicted molar refractivity (Wildman–Crippen MR) is 85.6 cm³/mol. The Morgan fingerprint density at radius 1 is 1.30 bits per heavy atom. The summed E-state index contributed by atoms with van der Waals surface area (Å²) < 4.78 is 44.2. The fourth-order valence-electron chi connectivity index (χ4n) is 1.74. The van der Waals surface area contributed by atoms with Gasteiger partial charge < -0.3 is 15.4 Å². The van der Waals surface area contributed by atoms with Crippen LogP contribution in [0.15, 0.2) is 22.8 Å². The van der Waals surface area contributed by atoms with Gasteiger partial charge >= 0.3 is 6.18 Å². The summed E-state index contributed by atoms with van der Waals surface area (Å²) in [6.07, 6.45) is -3.85. The molecule has 1 aromatic carbocycles. The van der Waals surface area contributed by atoms with Crippen molar-refractivity contribution in [2.24, 2.45) is 0 Å². The molecule has 0 amide bonds. The fraction of sp³-hybridized carbons (Fsp3) is 0.231. The minimum absolute atomic E-state index is 0.0337. The Morgan fingerprint density at radius 3 is 2.57 bits per heavy atom. The lowest BCUT2D eigenvalue weighted by Gasteiger charge is -2.14. The van der Waals surface area contributed by atoms with E-state index in [4.69, 9.17) is 16.3 Å². The lowest BCUT2D eigenvalue weighted by molar-refractivity contribution is -0.137. The first-order valence-corrected chi connectivity index (χ1v) is 7.35. The van der Waals surface area contributed by atoms with Crippen molar-refractivity contribution >= 4 is 45.0 Å². The zero-order chi connectivity index (χ0) is 17.2. The van der Waals surface area contributed by atoms with E-state index in [1.54, 1.807) is 12.1 Å². The van der Waals surface area contributed by atoms with Gasteiger partial charge in [-0.05, 0) is 22.0 Å². The van der Waals surface area contributed by atoms with Crippen LogP contribution in [0.25, 0.3) is 0 Å². The monoisotopic (exact) mass is 410 g/mol. The standard InChI is InChI=1S/C13H11BrClF3N4O/c1-19-11-6(13(16,17)18)5-20-12(22-11)21-9-4-10(23-2)7(14)3-8(9)15/h3-5H,1-2H3,(H2,19,20,21,22). The van der Waals surface area contributed by atoms with E-state index >= 15 is 0 Å². The smallest absolute Gasteiger partial charge is 0.421 e. The van der Waals surface area contributed by atoms with Crippen LogP contribution in [0, 0.1) is 0 Å². The summed E-state index contributed by atoms with van der Waals surface area (Å²) in [5, 5.41) is 5.49. The van der Waals surface area contributed by atoms with Crippen LogP contribution in [0.4, 0.5) is 30.6 Å². The van der Waals surface area contributed by atoms with Crippen molar-refractivity contribution in [2.75, 3.05) is 24.8 Å². The molecule has 0 saturated heterocycles. The van der Waals surface area contributed by atoms with Gasteiger partial charge in [0.15, 0.2) is 0 Å². The number of rotatable bonds is 4. The second kappa shape index (κ2) is 6.79. The van der Waals surface area contributed by atoms with Crippen LogP contribution < -0.4 is 15.4 Å². The summed E-state index contributed by atoms with van der Waals surface area (Å²) in [5.41, 5.74) is -0.557. The van der Waals surface area contributed by atoms with Gasteiger partial charge in [-0.25, -0.2) is 4.98 Å². The second-order valence-electron chi connectivity index (χ2n) is 4.30. The van der Waals surface area contributed by atoms with Crippen molar-refractivity contribution in [1.29, 1.82) is 0 Å². The van der Waals surface area contributed by atoms with Crippen LogP contribution in [-0.4, -0.2) is 24.1 Å². The Morgan fingerprint density at radius 2 is 2.00 bits per heavy atom. The molecular weight excluding hydrogens is 401 g/mol. The molecule has 0 atom stereocenters. The summed E-state index contributed by atoms with van der Waals surface area (Å²) in [4.78, 5) is 7.48. The lowest BCUT2D eigenvalue weighted by atomic mass is 10.3. The van der Waals surface area contributed by atoms with Crippen molar-refractivity contribution in [2.45, 2.75) is 6.18 Å². The van der Waals surface area contributed by atoms with E-state index in [0.29, 0.717) is 27.1 Å². The highest BCUT2D eigenvalue weighted by Gasteiger charge is 2.35. The Kier molecular flexibility index (Phi) is 5.20. The first kappa shape index (κ1) is 17.6. The molecule has 0 aliphatic heterocycles. The van der Waals surface area contributed by atoms with Crippen LogP contribution in [0.5, 0.6) is 5.75 Å². The van der Waals surface area contributed by atoms with Gasteiger partial charge in [0, 0.05) is 19.3 Å². The van der Waals surface area contributed by atoms with Crippen molar-refractivity contribution in [3.8, 4) is 5.75 Å². The molecule has 10 heteroatoms. The number of hydrogen-bond acceptors (Lipinski definition) is 5. The van der Waals surface area contributed by atoms with E-state index in [0.717, 1.165) is 0 Å². The van der Waals surface area contributed by atoms with Gasteiger partial charge in [-0.1, -0.05) is 11.6 Å². The fourth-order valence-corrected chi connectivity index (χ4v) is 2.59. The predicted octanol–water partition coefficient (Wildman–Crippen LogP) is 4.71. The maximum atomic E-state index is 12.8. The number of nitrogens with one attached hydrogen (secondary N) is 2. The molecule has 124 valence electrons. The first-order chi connectivity index (χ1) is 10.8. The third-order valence-electron chi connectivity index (χ3n) is 2.82. The molecule has 0 spiro atoms. The van der Waals surface area contributed by atoms with Gasteiger partial charge in [-0.15, -0.1) is 0 Å². The first-order valence-electron chi connectivity index (χ1n) is 6.18. The Hall–Kier alpha value is -1.74. The van der Waals surface area contributed by atoms with E-state index in [1.165, 1.54) is 14.2 Å². The quantitative estimate of drug-likeness (QED) is 0.763. The highest BCUT2D eigenvalue weighted by Crippen LogP contribution is 2.37. The summed E-state index contributed by atoms with van der Waals surface area (Å²) in [7, 11) is 2.82. The Balaban J connectivity index is 2.38. The SMILES string of the molecule is CNc1nc(Nc2cc(OC)c(Br)cc2Cl)ncc1C(F)(F)F. The minimum Gasteiger partial charge on any atom is -0.495 e. The minimum atomic E-state index is -4.55. The van der Waals surface area contributed by atoms with Gasteiger partial charge in [0.1, 0.15) is 17.1 Å². The van der Waals surface area contributed by atoms with Crippen molar-refractivity contribution in [3.63, 3.8) is 0 Å². The molecule has 1 heterocycles. The highest BCUT2D eigenvalue weighted by molar-refractivity contribution is 9.10. The van der Waals surface area contributed by atoms with Crippen LogP contribution in [-0.2, 0) is 6.18 Å². The Bertz CT molecular complexity index is 727. The second-order valence-corrected chi connectivity index (χ2v) is 5.56. The molecule has 0 fully saturated rings. The lowest BCUT2D eigenvalue weighted by Crippen LogP contribution is -2.12. The zero-order valence-corrected chi connectivity index (χ0v) is 14.3. The van der Waals surface area contributed by atoms with Gasteiger partial charge in [0.25, 0.3) is 0 Å². The van der Waals surface area contributed by atoms with Gasteiger partial charge in [-0.2, -0.15) is 18.2 Å². The van der Waals surface area contributed by atoms with Crippen LogP contribution in [0.3, 0.4) is 0 Å². The van der Waals surface area contributed by atoms with Crippen LogP contribution >= 0.6 is 27.5 Å². The molecule has 5 nitrogen and oxygen atoms in total. The molecule has 2 rings (SSSR count). The van der Waals surface area contributed by atoms with Gasteiger partial charge in [0.2, 0.25) is 5.95 Å². The molecular formula is C13H11BrClF3N4O. The maximum Gasteiger partial charge on any atom is 0.421 e. The molecule has 0 radical (unpaired) electrons. The molecule has 0 aliphatic carbocycles. The molecule has 1 aromatic heterocycles. The van der Waals surface area contributed by atoms with Gasteiger partial charge in [0.05, 0.1) is 22.3 Å². The van der Waals surface area contributed by atoms with Crippen molar-refractivity contribution in [3.05, 3.63) is 33.4 Å². The third-order valence-corrected chi connectivity index (χ3v) is 3.75. The largest absolute Gasteiger partial charge is 0.495 e. The molecule has 2 aromatic rings. The van der Waals surface area contributed by atoms with E-state index < -0.39 is 11.7 Å². The summed E-state index contributed by atoms with van der Waals surface area (Å²) in [5.74, 6) is 0.126. The number of ether oxygens (including phenoxy) is 1. The summed E-state index contributed by atoms with van der Waals surface area (Å²) in [6, 6.07) is 3.16. The number of aromatic nitrogens is 2. The van der Waals surface area contributed by atoms with Gasteiger partial charge in [-0.3, -0.25) is 0 Å². The average Bonchev–Trinajstić information content (AvgIpc) is 2.48. The summed E-state index contributed by atoms with van der Waals surface area (Å²) in [6.45, 7) is 0. The van der Waals surface area contributed by atoms with Crippen molar-refractivity contribution < 1.29 is 17.9 Å². The molecule has 0 aliphatic rings. The summed E-state index contributed by atoms with van der Waals surface area (Å²) >= 11 is 9.36. The van der Waals surface area contributed by atoms with E-state index in [-0.39, 0.29) is 11.8 Å². The molecule has 0 bridgehead atoms. The van der Waals surface area contributed by atoms with E-state index in [2.05, 4.69) is 36.5 Å². The van der Waals surface area contributed by atoms with Crippen LogP contribution in [0.2, 0.25) is 5.02 Å². The van der Waals surface area contributed by atoms with E-state index in [9.17, 15) is 13.2 Å². The van der Waals surface area contributed by atoms with Crippen molar-refractivity contribution in [1.82, 2.24) is 9.97 Å². The normalized spacial score (nSPS) is 11.3. The number of nitrogens with zero attached hydrogens (tertiary/aromatic N) is 2. The number of alkyl halides is 3. The average molecular weight is 412 g/mol. The number of methoxy groups -OCH3 is 1. The topological polar surface area (TPSA) is 59.1 Å². The molecule has 23 heavy (non-hydrogen) atoms. The third kappa shape index (κ3) is 3.97. The maximum absolute atomic E-state index is 12.8. The zero-order valence-electron chi connectivity index (χ0n) is 11.9. The number of hydrogen-bond donors (Lipinski definition) is 2. The number of benzene rings is 1.